The highest BCUT2D eigenvalue weighted by Gasteiger charge is 2.46. The van der Waals surface area contributed by atoms with Crippen LogP contribution in [-0.4, -0.2) is 31.0 Å². The predicted octanol–water partition coefficient (Wildman–Crippen LogP) is -0.205. The molecule has 1 unspecified atom stereocenters. The minimum absolute atomic E-state index is 0.154. The van der Waals surface area contributed by atoms with Gasteiger partial charge in [0.25, 0.3) is 0 Å². The lowest BCUT2D eigenvalue weighted by Crippen LogP contribution is -2.34. The molecule has 0 aliphatic carbocycles. The summed E-state index contributed by atoms with van der Waals surface area (Å²) in [7, 11) is -9.74. The van der Waals surface area contributed by atoms with E-state index in [2.05, 4.69) is 0 Å². The monoisotopic (exact) mass is 247 g/mol. The first-order valence-electron chi connectivity index (χ1n) is 3.96. The molecule has 86 valence electrons. The van der Waals surface area contributed by atoms with Crippen molar-refractivity contribution in [3.63, 3.8) is 0 Å². The first-order valence-corrected chi connectivity index (χ1v) is 7.33. The Morgan fingerprint density at radius 1 is 1.14 bits per heavy atom. The van der Waals surface area contributed by atoms with Gasteiger partial charge in [0.05, 0.1) is 0 Å². The Hall–Kier alpha value is 0.260. The first kappa shape index (κ1) is 14.3. The van der Waals surface area contributed by atoms with Crippen molar-refractivity contribution in [2.24, 2.45) is 5.73 Å². The molecule has 0 saturated heterocycles. The van der Waals surface area contributed by atoms with Crippen LogP contribution in [0.25, 0.3) is 0 Å². The zero-order valence-electron chi connectivity index (χ0n) is 7.65. The van der Waals surface area contributed by atoms with Gasteiger partial charge in [0, 0.05) is 6.04 Å². The highest BCUT2D eigenvalue weighted by Crippen LogP contribution is 2.61. The van der Waals surface area contributed by atoms with E-state index in [1.165, 1.54) is 0 Å². The third kappa shape index (κ3) is 4.19. The number of rotatable bonds is 5. The Bertz CT molecular complexity index is 247. The van der Waals surface area contributed by atoms with Gasteiger partial charge in [0.1, 0.15) is 0 Å². The summed E-state index contributed by atoms with van der Waals surface area (Å²) in [5.41, 5.74) is 5.32. The molecular weight excluding hydrogens is 232 g/mol. The third-order valence-electron chi connectivity index (χ3n) is 1.69. The van der Waals surface area contributed by atoms with E-state index >= 15 is 0 Å². The molecule has 0 amide bonds. The lowest BCUT2D eigenvalue weighted by Gasteiger charge is -2.24. The molecule has 0 heterocycles. The van der Waals surface area contributed by atoms with E-state index in [0.29, 0.717) is 6.42 Å². The summed E-state index contributed by atoms with van der Waals surface area (Å²) in [6.07, 6.45) is 0.651. The molecule has 0 aliphatic heterocycles. The number of nitrogens with two attached hydrogens (primary N) is 1. The summed E-state index contributed by atoms with van der Waals surface area (Å²) in [6.45, 7) is 1.70. The molecule has 0 aromatic carbocycles. The van der Waals surface area contributed by atoms with Crippen LogP contribution in [0.3, 0.4) is 0 Å². The highest BCUT2D eigenvalue weighted by atomic mass is 31.2. The van der Waals surface area contributed by atoms with Gasteiger partial charge < -0.3 is 25.3 Å². The van der Waals surface area contributed by atoms with Crippen molar-refractivity contribution in [3.05, 3.63) is 0 Å². The third-order valence-corrected chi connectivity index (χ3v) is 5.64. The fourth-order valence-electron chi connectivity index (χ4n) is 1.18. The molecule has 0 aliphatic rings. The van der Waals surface area contributed by atoms with Crippen molar-refractivity contribution < 1.29 is 28.7 Å². The van der Waals surface area contributed by atoms with Crippen molar-refractivity contribution >= 4 is 15.2 Å². The second kappa shape index (κ2) is 4.86. The number of hydrogen-bond donors (Lipinski definition) is 5. The maximum absolute atomic E-state index is 10.8. The van der Waals surface area contributed by atoms with Gasteiger partial charge in [-0.25, -0.2) is 0 Å². The largest absolute Gasteiger partial charge is 0.342 e. The Morgan fingerprint density at radius 3 is 1.71 bits per heavy atom. The zero-order valence-corrected chi connectivity index (χ0v) is 9.43. The van der Waals surface area contributed by atoms with Crippen LogP contribution in [0.4, 0.5) is 0 Å². The zero-order chi connectivity index (χ0) is 11.6. The van der Waals surface area contributed by atoms with Crippen LogP contribution in [0.5, 0.6) is 0 Å². The van der Waals surface area contributed by atoms with Crippen LogP contribution in [0.2, 0.25) is 0 Å². The lowest BCUT2D eigenvalue weighted by atomic mass is 10.2. The molecule has 0 rings (SSSR count). The molecule has 0 spiro atoms. The predicted molar refractivity (Wildman–Crippen MR) is 50.8 cm³/mol. The van der Waals surface area contributed by atoms with Crippen LogP contribution in [0.15, 0.2) is 0 Å². The average molecular weight is 247 g/mol. The van der Waals surface area contributed by atoms with Crippen LogP contribution < -0.4 is 5.73 Å². The summed E-state index contributed by atoms with van der Waals surface area (Å²) in [5, 5.41) is -2.09. The van der Waals surface area contributed by atoms with Crippen molar-refractivity contribution in [1.29, 1.82) is 0 Å². The molecule has 6 N–H and O–H groups in total. The summed E-state index contributed by atoms with van der Waals surface area (Å²) in [5.74, 6) is 0. The van der Waals surface area contributed by atoms with Gasteiger partial charge in [-0.1, -0.05) is 13.3 Å². The highest BCUT2D eigenvalue weighted by molar-refractivity contribution is 7.71. The number of hydrogen-bond acceptors (Lipinski definition) is 3. The van der Waals surface area contributed by atoms with Gasteiger partial charge in [-0.2, -0.15) is 0 Å². The Morgan fingerprint density at radius 2 is 1.50 bits per heavy atom. The topological polar surface area (TPSA) is 141 Å². The molecule has 0 bridgehead atoms. The molecule has 7 nitrogen and oxygen atoms in total. The van der Waals surface area contributed by atoms with E-state index in [-0.39, 0.29) is 6.42 Å². The van der Waals surface area contributed by atoms with Crippen molar-refractivity contribution in [2.45, 2.75) is 31.2 Å². The van der Waals surface area contributed by atoms with Gasteiger partial charge in [0.2, 0.25) is 0 Å². The van der Waals surface area contributed by atoms with E-state index in [1.54, 1.807) is 6.92 Å². The SMILES string of the molecule is CCCC(N)C(P(=O)(O)O)P(=O)(O)O. The second-order valence-corrected chi connectivity index (χ2v) is 6.92. The van der Waals surface area contributed by atoms with Gasteiger partial charge in [-0.3, -0.25) is 9.13 Å². The average Bonchev–Trinajstić information content (AvgIpc) is 1.78. The van der Waals surface area contributed by atoms with Crippen molar-refractivity contribution in [2.75, 3.05) is 0 Å². The normalized spacial score (nSPS) is 15.9. The molecule has 14 heavy (non-hydrogen) atoms. The Labute approximate surface area is 81.6 Å². The minimum atomic E-state index is -4.87. The van der Waals surface area contributed by atoms with Crippen molar-refractivity contribution in [3.8, 4) is 0 Å². The maximum Gasteiger partial charge on any atom is 0.342 e. The quantitative estimate of drug-likeness (QED) is 0.423. The van der Waals surface area contributed by atoms with E-state index < -0.39 is 26.6 Å². The van der Waals surface area contributed by atoms with Crippen LogP contribution in [-0.2, 0) is 9.13 Å². The summed E-state index contributed by atoms with van der Waals surface area (Å²) < 4.78 is 21.6. The standard InChI is InChI=1S/C5H15NO6P2/c1-2-3-4(6)5(13(7,8)9)14(10,11)12/h4-5H,2-3,6H2,1H3,(H2,7,8,9)(H2,10,11,12). The van der Waals surface area contributed by atoms with Crippen LogP contribution >= 0.6 is 15.2 Å². The molecule has 1 atom stereocenters. The molecule has 0 fully saturated rings. The van der Waals surface area contributed by atoms with E-state index in [1.807, 2.05) is 0 Å². The second-order valence-electron chi connectivity index (χ2n) is 3.04. The summed E-state index contributed by atoms with van der Waals surface area (Å²) in [6, 6.07) is -1.19. The van der Waals surface area contributed by atoms with Gasteiger partial charge in [0.15, 0.2) is 5.40 Å². The van der Waals surface area contributed by atoms with Crippen molar-refractivity contribution in [1.82, 2.24) is 0 Å². The van der Waals surface area contributed by atoms with E-state index in [0.717, 1.165) is 0 Å². The van der Waals surface area contributed by atoms with Gasteiger partial charge in [-0.15, -0.1) is 0 Å². The molecule has 0 aromatic heterocycles. The minimum Gasteiger partial charge on any atom is -0.326 e. The maximum atomic E-state index is 10.8. The fourth-order valence-corrected chi connectivity index (χ4v) is 4.04. The van der Waals surface area contributed by atoms with E-state index in [9.17, 15) is 9.13 Å². The Balaban J connectivity index is 4.94. The molecule has 0 saturated carbocycles. The molecule has 9 heteroatoms. The smallest absolute Gasteiger partial charge is 0.326 e. The van der Waals surface area contributed by atoms with Crippen LogP contribution in [0, 0.1) is 0 Å². The van der Waals surface area contributed by atoms with E-state index in [4.69, 9.17) is 25.3 Å². The summed E-state index contributed by atoms with van der Waals surface area (Å²) >= 11 is 0. The summed E-state index contributed by atoms with van der Waals surface area (Å²) in [4.78, 5) is 35.0. The molecule has 0 aromatic rings. The van der Waals surface area contributed by atoms with Crippen LogP contribution in [0.1, 0.15) is 19.8 Å². The first-order chi connectivity index (χ1) is 6.10. The molecule has 0 radical (unpaired) electrons. The molecular formula is C5H15NO6P2. The fraction of sp³-hybridized carbons (Fsp3) is 1.00. The van der Waals surface area contributed by atoms with Gasteiger partial charge >= 0.3 is 15.2 Å². The lowest BCUT2D eigenvalue weighted by molar-refractivity contribution is 0.327. The Kier molecular flexibility index (Phi) is 4.95. The van der Waals surface area contributed by atoms with Gasteiger partial charge in [-0.05, 0) is 6.42 Å².